The summed E-state index contributed by atoms with van der Waals surface area (Å²) in [6, 6.07) is 12.5. The van der Waals surface area contributed by atoms with Crippen LogP contribution < -0.4 is 4.74 Å². The van der Waals surface area contributed by atoms with Crippen LogP contribution in [0.5, 0.6) is 5.75 Å². The predicted molar refractivity (Wildman–Crippen MR) is 123 cm³/mol. The summed E-state index contributed by atoms with van der Waals surface area (Å²) in [5, 5.41) is 0. The first-order valence-corrected chi connectivity index (χ1v) is 11.3. The number of ether oxygens (including phenoxy) is 1. The van der Waals surface area contributed by atoms with Gasteiger partial charge in [-0.1, -0.05) is 62.9 Å². The Kier molecular flexibility index (Phi) is 9.57. The highest BCUT2D eigenvalue weighted by Gasteiger charge is 2.09. The van der Waals surface area contributed by atoms with Crippen molar-refractivity contribution in [3.63, 3.8) is 0 Å². The Hall–Kier alpha value is -1.13. The van der Waals surface area contributed by atoms with E-state index in [4.69, 9.17) is 4.74 Å². The summed E-state index contributed by atoms with van der Waals surface area (Å²) in [6.07, 6.45) is 6.97. The highest BCUT2D eigenvalue weighted by atomic mass is 79.9. The van der Waals surface area contributed by atoms with Crippen LogP contribution in [0, 0.1) is 12.8 Å². The Morgan fingerprint density at radius 2 is 1.74 bits per heavy atom. The largest absolute Gasteiger partial charge is 0.487 e. The van der Waals surface area contributed by atoms with Crippen molar-refractivity contribution in [1.82, 2.24) is 0 Å². The van der Waals surface area contributed by atoms with Gasteiger partial charge in [-0.25, -0.2) is 0 Å². The molecule has 2 aromatic rings. The van der Waals surface area contributed by atoms with E-state index in [0.29, 0.717) is 12.5 Å². The van der Waals surface area contributed by atoms with E-state index in [1.165, 1.54) is 31.2 Å². The van der Waals surface area contributed by atoms with Gasteiger partial charge in [0.15, 0.2) is 0 Å². The molecule has 0 spiro atoms. The molecule has 0 heterocycles. The SMILES string of the molecule is CCCCC(CC)C/N=C/c1cc(Br)c(OCc2ccc(C)cc2)c(Br)c1. The molecular weight excluding hydrogens is 466 g/mol. The van der Waals surface area contributed by atoms with Crippen LogP contribution in [0.3, 0.4) is 0 Å². The fourth-order valence-electron chi connectivity index (χ4n) is 2.86. The lowest BCUT2D eigenvalue weighted by molar-refractivity contribution is 0.302. The van der Waals surface area contributed by atoms with E-state index in [1.54, 1.807) is 0 Å². The molecule has 0 saturated heterocycles. The van der Waals surface area contributed by atoms with Crippen LogP contribution in [0.15, 0.2) is 50.3 Å². The fourth-order valence-corrected chi connectivity index (χ4v) is 4.31. The van der Waals surface area contributed by atoms with E-state index in [-0.39, 0.29) is 0 Å². The average Bonchev–Trinajstić information content (AvgIpc) is 2.65. The molecule has 0 aliphatic carbocycles. The lowest BCUT2D eigenvalue weighted by Crippen LogP contribution is -2.03. The number of hydrogen-bond donors (Lipinski definition) is 0. The molecule has 0 aliphatic heterocycles. The molecule has 146 valence electrons. The van der Waals surface area contributed by atoms with Gasteiger partial charge in [0.25, 0.3) is 0 Å². The van der Waals surface area contributed by atoms with Crippen LogP contribution in [-0.2, 0) is 6.61 Å². The molecule has 2 nitrogen and oxygen atoms in total. The van der Waals surface area contributed by atoms with Gasteiger partial charge in [0.05, 0.1) is 8.95 Å². The van der Waals surface area contributed by atoms with Gasteiger partial charge < -0.3 is 4.74 Å². The van der Waals surface area contributed by atoms with Crippen molar-refractivity contribution in [3.8, 4) is 5.75 Å². The molecule has 2 aromatic carbocycles. The number of unbranched alkanes of at least 4 members (excludes halogenated alkanes) is 1. The van der Waals surface area contributed by atoms with Crippen LogP contribution in [0.1, 0.15) is 56.2 Å². The molecule has 0 fully saturated rings. The van der Waals surface area contributed by atoms with Crippen LogP contribution in [0.4, 0.5) is 0 Å². The first-order chi connectivity index (χ1) is 13.0. The minimum Gasteiger partial charge on any atom is -0.487 e. The normalized spacial score (nSPS) is 12.5. The zero-order valence-corrected chi connectivity index (χ0v) is 19.6. The summed E-state index contributed by atoms with van der Waals surface area (Å²) in [6.45, 7) is 8.03. The molecule has 1 unspecified atom stereocenters. The Labute approximate surface area is 180 Å². The standard InChI is InChI=1S/C23H29Br2NO/c1-4-6-7-18(5-2)14-26-15-20-12-21(24)23(22(25)13-20)27-16-19-10-8-17(3)9-11-19/h8-13,15,18H,4-7,14,16H2,1-3H3/b26-15+. The van der Waals surface area contributed by atoms with Crippen molar-refractivity contribution in [2.45, 2.75) is 53.1 Å². The second kappa shape index (κ2) is 11.7. The second-order valence-electron chi connectivity index (χ2n) is 7.00. The third kappa shape index (κ3) is 7.42. The minimum atomic E-state index is 0.542. The van der Waals surface area contributed by atoms with Crippen molar-refractivity contribution in [1.29, 1.82) is 0 Å². The highest BCUT2D eigenvalue weighted by molar-refractivity contribution is 9.11. The maximum Gasteiger partial charge on any atom is 0.148 e. The number of nitrogens with zero attached hydrogens (tertiary/aromatic N) is 1. The van der Waals surface area contributed by atoms with Gasteiger partial charge in [0.2, 0.25) is 0 Å². The first kappa shape index (κ1) is 22.2. The van der Waals surface area contributed by atoms with Gasteiger partial charge in [-0.15, -0.1) is 0 Å². The van der Waals surface area contributed by atoms with Gasteiger partial charge >= 0.3 is 0 Å². The summed E-state index contributed by atoms with van der Waals surface area (Å²) < 4.78 is 7.88. The van der Waals surface area contributed by atoms with E-state index >= 15 is 0 Å². The molecule has 1 atom stereocenters. The monoisotopic (exact) mass is 493 g/mol. The van der Waals surface area contributed by atoms with Crippen LogP contribution in [0.2, 0.25) is 0 Å². The van der Waals surface area contributed by atoms with Crippen molar-refractivity contribution in [2.24, 2.45) is 10.9 Å². The minimum absolute atomic E-state index is 0.542. The molecule has 0 amide bonds. The van der Waals surface area contributed by atoms with Crippen LogP contribution >= 0.6 is 31.9 Å². The lowest BCUT2D eigenvalue weighted by Gasteiger charge is -2.12. The van der Waals surface area contributed by atoms with E-state index in [2.05, 4.69) is 94.0 Å². The Morgan fingerprint density at radius 3 is 2.33 bits per heavy atom. The van der Waals surface area contributed by atoms with Crippen molar-refractivity contribution in [2.75, 3.05) is 6.54 Å². The molecule has 0 bridgehead atoms. The molecule has 0 N–H and O–H groups in total. The van der Waals surface area contributed by atoms with E-state index in [0.717, 1.165) is 32.4 Å². The third-order valence-electron chi connectivity index (χ3n) is 4.67. The topological polar surface area (TPSA) is 21.6 Å². The maximum atomic E-state index is 6.01. The summed E-state index contributed by atoms with van der Waals surface area (Å²) in [5.74, 6) is 1.51. The molecule has 27 heavy (non-hydrogen) atoms. The van der Waals surface area contributed by atoms with Gasteiger partial charge in [-0.3, -0.25) is 4.99 Å². The summed E-state index contributed by atoms with van der Waals surface area (Å²) >= 11 is 7.27. The van der Waals surface area contributed by atoms with Gasteiger partial charge in [-0.2, -0.15) is 0 Å². The van der Waals surface area contributed by atoms with Crippen molar-refractivity contribution >= 4 is 38.1 Å². The molecule has 0 radical (unpaired) electrons. The Balaban J connectivity index is 1.98. The second-order valence-corrected chi connectivity index (χ2v) is 8.71. The predicted octanol–water partition coefficient (Wildman–Crippen LogP) is 7.73. The zero-order chi connectivity index (χ0) is 19.6. The van der Waals surface area contributed by atoms with Gasteiger partial charge in [0.1, 0.15) is 12.4 Å². The van der Waals surface area contributed by atoms with E-state index in [1.807, 2.05) is 6.21 Å². The van der Waals surface area contributed by atoms with Gasteiger partial charge in [-0.05, 0) is 74.4 Å². The highest BCUT2D eigenvalue weighted by Crippen LogP contribution is 2.35. The van der Waals surface area contributed by atoms with Crippen molar-refractivity contribution < 1.29 is 4.74 Å². The Bertz CT molecular complexity index is 718. The number of rotatable bonds is 10. The molecule has 4 heteroatoms. The summed E-state index contributed by atoms with van der Waals surface area (Å²) in [5.41, 5.74) is 3.48. The summed E-state index contributed by atoms with van der Waals surface area (Å²) in [4.78, 5) is 4.67. The molecule has 0 aliphatic rings. The number of benzene rings is 2. The quantitative estimate of drug-likeness (QED) is 0.309. The average molecular weight is 495 g/mol. The maximum absolute atomic E-state index is 6.01. The fraction of sp³-hybridized carbons (Fsp3) is 0.435. The number of aryl methyl sites for hydroxylation is 1. The van der Waals surface area contributed by atoms with Crippen LogP contribution in [-0.4, -0.2) is 12.8 Å². The Morgan fingerprint density at radius 1 is 1.07 bits per heavy atom. The van der Waals surface area contributed by atoms with E-state index in [9.17, 15) is 0 Å². The molecule has 2 rings (SSSR count). The molecular formula is C23H29Br2NO. The third-order valence-corrected chi connectivity index (χ3v) is 5.85. The van der Waals surface area contributed by atoms with Crippen LogP contribution in [0.25, 0.3) is 0 Å². The molecule has 0 saturated carbocycles. The van der Waals surface area contributed by atoms with Gasteiger partial charge in [0, 0.05) is 12.8 Å². The first-order valence-electron chi connectivity index (χ1n) is 9.70. The lowest BCUT2D eigenvalue weighted by atomic mass is 10.00. The zero-order valence-electron chi connectivity index (χ0n) is 16.5. The van der Waals surface area contributed by atoms with E-state index < -0.39 is 0 Å². The summed E-state index contributed by atoms with van der Waals surface area (Å²) in [7, 11) is 0. The number of halogens is 2. The van der Waals surface area contributed by atoms with Crippen molar-refractivity contribution in [3.05, 3.63) is 62.0 Å². The number of hydrogen-bond acceptors (Lipinski definition) is 2. The number of aliphatic imine (C=N–C) groups is 1. The molecule has 0 aromatic heterocycles. The smallest absolute Gasteiger partial charge is 0.148 e.